The van der Waals surface area contributed by atoms with Crippen LogP contribution in [0.2, 0.25) is 0 Å². The number of carbonyl (C=O) groups excluding carboxylic acids is 4. The molecule has 0 spiro atoms. The van der Waals surface area contributed by atoms with Crippen molar-refractivity contribution in [2.75, 3.05) is 13.2 Å². The maximum atomic E-state index is 12.9. The van der Waals surface area contributed by atoms with Crippen LogP contribution in [0.25, 0.3) is 16.5 Å². The van der Waals surface area contributed by atoms with Gasteiger partial charge >= 0.3 is 5.97 Å². The summed E-state index contributed by atoms with van der Waals surface area (Å²) in [5.41, 5.74) is 2.66. The molecule has 0 saturated heterocycles. The molecule has 3 aromatic carbocycles. The van der Waals surface area contributed by atoms with Gasteiger partial charge in [-0.2, -0.15) is 5.10 Å². The van der Waals surface area contributed by atoms with Crippen LogP contribution in [0.15, 0.2) is 79.1 Å². The van der Waals surface area contributed by atoms with Gasteiger partial charge < -0.3 is 10.1 Å². The lowest BCUT2D eigenvalue weighted by Crippen LogP contribution is -2.41. The third-order valence-electron chi connectivity index (χ3n) is 6.13. The fourth-order valence-corrected chi connectivity index (χ4v) is 4.31. The average Bonchev–Trinajstić information content (AvgIpc) is 3.41. The van der Waals surface area contributed by atoms with Crippen molar-refractivity contribution in [2.24, 2.45) is 0 Å². The minimum Gasteiger partial charge on any atom is -0.456 e. The summed E-state index contributed by atoms with van der Waals surface area (Å²) in [5, 5.41) is 8.46. The average molecular weight is 497 g/mol. The van der Waals surface area contributed by atoms with E-state index in [1.54, 1.807) is 35.1 Å². The van der Waals surface area contributed by atoms with Gasteiger partial charge in [-0.25, -0.2) is 4.68 Å². The quantitative estimate of drug-likeness (QED) is 0.281. The van der Waals surface area contributed by atoms with Gasteiger partial charge in [0.05, 0.1) is 11.9 Å². The Bertz CT molecular complexity index is 1440. The number of nitrogens with zero attached hydrogens (tertiary/aromatic N) is 3. The Morgan fingerprint density at radius 1 is 0.892 bits per heavy atom. The van der Waals surface area contributed by atoms with Crippen molar-refractivity contribution in [2.45, 2.75) is 19.4 Å². The van der Waals surface area contributed by atoms with E-state index in [0.29, 0.717) is 16.5 Å². The van der Waals surface area contributed by atoms with Crippen molar-refractivity contribution in [3.63, 3.8) is 0 Å². The van der Waals surface area contributed by atoms with Crippen LogP contribution in [0.1, 0.15) is 39.1 Å². The van der Waals surface area contributed by atoms with Gasteiger partial charge in [-0.1, -0.05) is 42.5 Å². The first-order valence-electron chi connectivity index (χ1n) is 11.9. The van der Waals surface area contributed by atoms with Gasteiger partial charge in [-0.3, -0.25) is 24.1 Å². The first kappa shape index (κ1) is 23.9. The SMILES string of the molecule is O=C(COC(=O)CCCN1C(=O)c2cccc3cccc(c23)C1=O)NCc1cnn(-c2ccccc2)c1. The van der Waals surface area contributed by atoms with E-state index in [-0.39, 0.29) is 37.7 Å². The van der Waals surface area contributed by atoms with Crippen LogP contribution in [0.3, 0.4) is 0 Å². The lowest BCUT2D eigenvalue weighted by Gasteiger charge is -2.27. The van der Waals surface area contributed by atoms with Gasteiger partial charge in [-0.15, -0.1) is 0 Å². The predicted octanol–water partition coefficient (Wildman–Crippen LogP) is 3.26. The molecule has 1 aromatic heterocycles. The van der Waals surface area contributed by atoms with E-state index in [1.165, 1.54) is 0 Å². The molecule has 1 aliphatic heterocycles. The van der Waals surface area contributed by atoms with Crippen molar-refractivity contribution >= 4 is 34.5 Å². The van der Waals surface area contributed by atoms with Crippen LogP contribution >= 0.6 is 0 Å². The Labute approximate surface area is 212 Å². The van der Waals surface area contributed by atoms with Crippen LogP contribution in [-0.4, -0.2) is 51.5 Å². The number of rotatable bonds is 9. The van der Waals surface area contributed by atoms with E-state index in [4.69, 9.17) is 4.74 Å². The first-order chi connectivity index (χ1) is 18.0. The molecule has 9 nitrogen and oxygen atoms in total. The Morgan fingerprint density at radius 2 is 1.59 bits per heavy atom. The minimum absolute atomic E-state index is 0.0277. The lowest BCUT2D eigenvalue weighted by molar-refractivity contribution is -0.148. The highest BCUT2D eigenvalue weighted by atomic mass is 16.5. The molecule has 0 aliphatic carbocycles. The molecule has 0 unspecified atom stereocenters. The van der Waals surface area contributed by atoms with Gasteiger partial charge in [0.2, 0.25) is 0 Å². The van der Waals surface area contributed by atoms with Crippen molar-refractivity contribution in [3.8, 4) is 5.69 Å². The van der Waals surface area contributed by atoms with E-state index in [0.717, 1.165) is 21.5 Å². The number of carbonyl (C=O) groups is 4. The number of hydrogen-bond acceptors (Lipinski definition) is 6. The molecule has 0 bridgehead atoms. The van der Waals surface area contributed by atoms with Crippen LogP contribution in [0.4, 0.5) is 0 Å². The van der Waals surface area contributed by atoms with Crippen LogP contribution in [0, 0.1) is 0 Å². The van der Waals surface area contributed by atoms with Gasteiger partial charge in [0.1, 0.15) is 0 Å². The molecule has 0 fully saturated rings. The monoisotopic (exact) mass is 496 g/mol. The zero-order valence-electron chi connectivity index (χ0n) is 19.9. The molecule has 2 heterocycles. The molecule has 0 saturated carbocycles. The lowest BCUT2D eigenvalue weighted by atomic mass is 9.94. The summed E-state index contributed by atoms with van der Waals surface area (Å²) in [6.45, 7) is -0.0890. The van der Waals surface area contributed by atoms with Crippen LogP contribution in [0.5, 0.6) is 0 Å². The molecule has 0 atom stereocenters. The maximum Gasteiger partial charge on any atom is 0.306 e. The third kappa shape index (κ3) is 5.11. The molecule has 186 valence electrons. The van der Waals surface area contributed by atoms with E-state index in [9.17, 15) is 19.2 Å². The summed E-state index contributed by atoms with van der Waals surface area (Å²) in [7, 11) is 0. The number of nitrogens with one attached hydrogen (secondary N) is 1. The number of hydrogen-bond donors (Lipinski definition) is 1. The van der Waals surface area contributed by atoms with E-state index < -0.39 is 18.5 Å². The maximum absolute atomic E-state index is 12.9. The smallest absolute Gasteiger partial charge is 0.306 e. The Kier molecular flexibility index (Phi) is 6.76. The number of imide groups is 1. The van der Waals surface area contributed by atoms with E-state index >= 15 is 0 Å². The van der Waals surface area contributed by atoms with Gasteiger partial charge in [-0.05, 0) is 36.1 Å². The van der Waals surface area contributed by atoms with Gasteiger partial charge in [0.15, 0.2) is 6.61 Å². The Balaban J connectivity index is 1.06. The van der Waals surface area contributed by atoms with Crippen molar-refractivity contribution in [1.82, 2.24) is 20.0 Å². The molecule has 3 amide bonds. The van der Waals surface area contributed by atoms with Gasteiger partial charge in [0, 0.05) is 47.8 Å². The molecule has 1 aliphatic rings. The summed E-state index contributed by atoms with van der Waals surface area (Å²) in [6, 6.07) is 20.3. The van der Waals surface area contributed by atoms with E-state index in [1.807, 2.05) is 48.7 Å². The first-order valence-corrected chi connectivity index (χ1v) is 11.9. The summed E-state index contributed by atoms with van der Waals surface area (Å²) in [6.07, 6.45) is 3.67. The zero-order chi connectivity index (χ0) is 25.8. The summed E-state index contributed by atoms with van der Waals surface area (Å²) < 4.78 is 6.76. The number of amides is 3. The highest BCUT2D eigenvalue weighted by Gasteiger charge is 2.32. The normalized spacial score (nSPS) is 12.6. The number of benzene rings is 3. The molecule has 4 aromatic rings. The standard InChI is InChI=1S/C28H24N4O5/c33-24(29-15-19-16-30-32(17-19)21-9-2-1-3-10-21)18-37-25(34)13-6-14-31-27(35)22-11-4-7-20-8-5-12-23(26(20)22)28(31)36/h1-5,7-12,16-17H,6,13-15,18H2,(H,29,33). The van der Waals surface area contributed by atoms with Crippen molar-refractivity contribution in [1.29, 1.82) is 0 Å². The fourth-order valence-electron chi connectivity index (χ4n) is 4.31. The third-order valence-corrected chi connectivity index (χ3v) is 6.13. The van der Waals surface area contributed by atoms with Crippen molar-refractivity contribution < 1.29 is 23.9 Å². The predicted molar refractivity (Wildman–Crippen MR) is 135 cm³/mol. The molecule has 9 heteroatoms. The van der Waals surface area contributed by atoms with E-state index in [2.05, 4.69) is 10.4 Å². The second kappa shape index (κ2) is 10.4. The molecule has 37 heavy (non-hydrogen) atoms. The molecular weight excluding hydrogens is 472 g/mol. The highest BCUT2D eigenvalue weighted by Crippen LogP contribution is 2.30. The second-order valence-corrected chi connectivity index (χ2v) is 8.64. The Hall–Kier alpha value is -4.79. The second-order valence-electron chi connectivity index (χ2n) is 8.64. The fraction of sp³-hybridized carbons (Fsp3) is 0.179. The summed E-state index contributed by atoms with van der Waals surface area (Å²) in [4.78, 5) is 51.2. The zero-order valence-corrected chi connectivity index (χ0v) is 19.9. The molecular formula is C28H24N4O5. The summed E-state index contributed by atoms with van der Waals surface area (Å²) >= 11 is 0. The van der Waals surface area contributed by atoms with Crippen LogP contribution < -0.4 is 5.32 Å². The van der Waals surface area contributed by atoms with Crippen LogP contribution in [-0.2, 0) is 20.9 Å². The number of esters is 1. The van der Waals surface area contributed by atoms with Gasteiger partial charge in [0.25, 0.3) is 17.7 Å². The molecule has 5 rings (SSSR count). The summed E-state index contributed by atoms with van der Waals surface area (Å²) in [5.74, 6) is -1.77. The number of para-hydroxylation sites is 1. The molecule has 1 N–H and O–H groups in total. The number of aromatic nitrogens is 2. The Morgan fingerprint density at radius 3 is 2.30 bits per heavy atom. The number of ether oxygens (including phenoxy) is 1. The minimum atomic E-state index is -0.577. The highest BCUT2D eigenvalue weighted by molar-refractivity contribution is 6.25. The largest absolute Gasteiger partial charge is 0.456 e. The topological polar surface area (TPSA) is 111 Å². The van der Waals surface area contributed by atoms with Crippen molar-refractivity contribution in [3.05, 3.63) is 95.8 Å². The molecule has 0 radical (unpaired) electrons.